The van der Waals surface area contributed by atoms with Gasteiger partial charge in [-0.2, -0.15) is 0 Å². The third kappa shape index (κ3) is 3.49. The molecule has 3 rings (SSSR count). The summed E-state index contributed by atoms with van der Waals surface area (Å²) >= 11 is 1.44. The van der Waals surface area contributed by atoms with Crippen molar-refractivity contribution in [3.63, 3.8) is 0 Å². The minimum atomic E-state index is -1.00. The first-order valence-corrected chi connectivity index (χ1v) is 8.61. The summed E-state index contributed by atoms with van der Waals surface area (Å²) in [5.74, 6) is -1.25. The van der Waals surface area contributed by atoms with Crippen molar-refractivity contribution in [3.05, 3.63) is 57.3 Å². The van der Waals surface area contributed by atoms with E-state index in [9.17, 15) is 14.7 Å². The molecule has 0 spiro atoms. The molecule has 1 aromatic heterocycles. The average molecular weight is 345 g/mol. The van der Waals surface area contributed by atoms with Gasteiger partial charge in [-0.1, -0.05) is 30.3 Å². The lowest BCUT2D eigenvalue weighted by Crippen LogP contribution is -2.43. The number of aliphatic carboxylic acids is 1. The van der Waals surface area contributed by atoms with Gasteiger partial charge in [-0.05, 0) is 17.2 Å². The van der Waals surface area contributed by atoms with Crippen molar-refractivity contribution in [3.8, 4) is 0 Å². The maximum absolute atomic E-state index is 12.7. The van der Waals surface area contributed by atoms with Gasteiger partial charge in [-0.3, -0.25) is 4.79 Å². The van der Waals surface area contributed by atoms with Crippen molar-refractivity contribution in [2.75, 3.05) is 13.7 Å². The van der Waals surface area contributed by atoms with Gasteiger partial charge in [0.05, 0.1) is 18.1 Å². The number of rotatable bonds is 5. The van der Waals surface area contributed by atoms with E-state index in [4.69, 9.17) is 4.74 Å². The predicted molar refractivity (Wildman–Crippen MR) is 91.3 cm³/mol. The Morgan fingerprint density at radius 2 is 2.08 bits per heavy atom. The summed E-state index contributed by atoms with van der Waals surface area (Å²) < 4.78 is 5.40. The van der Waals surface area contributed by atoms with Crippen LogP contribution in [0.1, 0.15) is 25.7 Å². The van der Waals surface area contributed by atoms with Crippen LogP contribution in [0.15, 0.2) is 36.4 Å². The summed E-state index contributed by atoms with van der Waals surface area (Å²) in [6.45, 7) is 1.19. The molecule has 1 amide bonds. The molecule has 0 fully saturated rings. The molecule has 1 atom stereocenters. The van der Waals surface area contributed by atoms with E-state index in [0.29, 0.717) is 18.1 Å². The second-order valence-corrected chi connectivity index (χ2v) is 6.96. The largest absolute Gasteiger partial charge is 0.480 e. The summed E-state index contributed by atoms with van der Waals surface area (Å²) in [7, 11) is 1.55. The Hall–Kier alpha value is -2.18. The van der Waals surface area contributed by atoms with Crippen LogP contribution in [-0.2, 0) is 29.0 Å². The van der Waals surface area contributed by atoms with Crippen LogP contribution in [0.25, 0.3) is 0 Å². The molecule has 0 radical (unpaired) electrons. The molecular formula is C18H19NO4S. The molecule has 5 nitrogen and oxygen atoms in total. The SMILES string of the molecule is CN(C(=O)c1cc2c(s1)CCOC2)[C@@H](Cc1ccccc1)C(=O)O. The van der Waals surface area contributed by atoms with E-state index >= 15 is 0 Å². The molecule has 1 aromatic carbocycles. The molecule has 0 saturated carbocycles. The van der Waals surface area contributed by atoms with Gasteiger partial charge in [0.25, 0.3) is 5.91 Å². The standard InChI is InChI=1S/C18H19NO4S/c1-19(14(18(21)22)9-12-5-3-2-4-6-12)17(20)16-10-13-11-23-8-7-15(13)24-16/h2-6,10,14H,7-9,11H2,1H3,(H,21,22)/t14-/m0/s1. The van der Waals surface area contributed by atoms with Gasteiger partial charge in [-0.15, -0.1) is 11.3 Å². The number of ether oxygens (including phenoxy) is 1. The number of carbonyl (C=O) groups excluding carboxylic acids is 1. The molecule has 2 heterocycles. The smallest absolute Gasteiger partial charge is 0.326 e. The monoisotopic (exact) mass is 345 g/mol. The van der Waals surface area contributed by atoms with Crippen LogP contribution in [0.2, 0.25) is 0 Å². The Labute approximate surface area is 144 Å². The fourth-order valence-corrected chi connectivity index (χ4v) is 3.93. The molecule has 1 N–H and O–H groups in total. The molecule has 2 aromatic rings. The summed E-state index contributed by atoms with van der Waals surface area (Å²) in [5.41, 5.74) is 1.93. The van der Waals surface area contributed by atoms with Crippen molar-refractivity contribution >= 4 is 23.2 Å². The maximum Gasteiger partial charge on any atom is 0.326 e. The molecule has 0 unspecified atom stereocenters. The van der Waals surface area contributed by atoms with E-state index in [1.165, 1.54) is 16.2 Å². The quantitative estimate of drug-likeness (QED) is 0.904. The van der Waals surface area contributed by atoms with Crippen LogP contribution in [-0.4, -0.2) is 41.6 Å². The average Bonchev–Trinajstić information content (AvgIpc) is 3.03. The molecule has 126 valence electrons. The van der Waals surface area contributed by atoms with Gasteiger partial charge >= 0.3 is 5.97 Å². The zero-order valence-corrected chi connectivity index (χ0v) is 14.2. The summed E-state index contributed by atoms with van der Waals surface area (Å²) in [4.78, 5) is 27.5. The van der Waals surface area contributed by atoms with Crippen LogP contribution >= 0.6 is 11.3 Å². The molecule has 0 aliphatic carbocycles. The minimum absolute atomic E-state index is 0.252. The molecule has 6 heteroatoms. The number of carboxylic acid groups (broad SMARTS) is 1. The highest BCUT2D eigenvalue weighted by molar-refractivity contribution is 7.14. The van der Waals surface area contributed by atoms with E-state index < -0.39 is 12.0 Å². The number of carbonyl (C=O) groups is 2. The lowest BCUT2D eigenvalue weighted by molar-refractivity contribution is -0.141. The molecule has 1 aliphatic rings. The van der Waals surface area contributed by atoms with E-state index in [0.717, 1.165) is 22.4 Å². The second kappa shape index (κ2) is 7.15. The molecule has 0 bridgehead atoms. The van der Waals surface area contributed by atoms with E-state index in [2.05, 4.69) is 0 Å². The number of likely N-dealkylation sites (N-methyl/N-ethyl adjacent to an activating group) is 1. The lowest BCUT2D eigenvalue weighted by atomic mass is 10.0. The molecule has 24 heavy (non-hydrogen) atoms. The van der Waals surface area contributed by atoms with Crippen LogP contribution in [0.3, 0.4) is 0 Å². The number of fused-ring (bicyclic) bond motifs is 1. The number of hydrogen-bond acceptors (Lipinski definition) is 4. The number of amides is 1. The summed E-state index contributed by atoms with van der Waals surface area (Å²) in [5, 5.41) is 9.55. The van der Waals surface area contributed by atoms with Crippen LogP contribution in [0.5, 0.6) is 0 Å². The Morgan fingerprint density at radius 1 is 1.33 bits per heavy atom. The summed E-state index contributed by atoms with van der Waals surface area (Å²) in [6, 6.07) is 10.3. The molecule has 0 saturated heterocycles. The zero-order chi connectivity index (χ0) is 17.1. The van der Waals surface area contributed by atoms with Crippen molar-refractivity contribution in [2.45, 2.75) is 25.5 Å². The lowest BCUT2D eigenvalue weighted by Gasteiger charge is -2.24. The van der Waals surface area contributed by atoms with Crippen molar-refractivity contribution < 1.29 is 19.4 Å². The predicted octanol–water partition coefficient (Wildman–Crippen LogP) is 2.59. The van der Waals surface area contributed by atoms with Gasteiger partial charge in [0.2, 0.25) is 0 Å². The number of hydrogen-bond donors (Lipinski definition) is 1. The van der Waals surface area contributed by atoms with Gasteiger partial charge in [0, 0.05) is 24.8 Å². The molecule has 1 aliphatic heterocycles. The van der Waals surface area contributed by atoms with Gasteiger partial charge in [-0.25, -0.2) is 4.79 Å². The first-order chi connectivity index (χ1) is 11.6. The normalized spacial score (nSPS) is 14.7. The van der Waals surface area contributed by atoms with Crippen molar-refractivity contribution in [1.29, 1.82) is 0 Å². The van der Waals surface area contributed by atoms with Crippen LogP contribution in [0.4, 0.5) is 0 Å². The van der Waals surface area contributed by atoms with Crippen molar-refractivity contribution in [2.24, 2.45) is 0 Å². The Bertz CT molecular complexity index is 717. The summed E-state index contributed by atoms with van der Waals surface area (Å²) in [6.07, 6.45) is 1.09. The Kier molecular flexibility index (Phi) is 4.97. The van der Waals surface area contributed by atoms with E-state index in [1.807, 2.05) is 36.4 Å². The fraction of sp³-hybridized carbons (Fsp3) is 0.333. The zero-order valence-electron chi connectivity index (χ0n) is 13.4. The Morgan fingerprint density at radius 3 is 2.75 bits per heavy atom. The highest BCUT2D eigenvalue weighted by Crippen LogP contribution is 2.28. The van der Waals surface area contributed by atoms with Crippen molar-refractivity contribution in [1.82, 2.24) is 4.90 Å². The van der Waals surface area contributed by atoms with Crippen LogP contribution in [0, 0.1) is 0 Å². The van der Waals surface area contributed by atoms with Gasteiger partial charge in [0.1, 0.15) is 6.04 Å². The first-order valence-electron chi connectivity index (χ1n) is 7.79. The Balaban J connectivity index is 1.79. The maximum atomic E-state index is 12.7. The van der Waals surface area contributed by atoms with Gasteiger partial charge in [0.15, 0.2) is 0 Å². The van der Waals surface area contributed by atoms with E-state index in [1.54, 1.807) is 7.05 Å². The highest BCUT2D eigenvalue weighted by atomic mass is 32.1. The van der Waals surface area contributed by atoms with Gasteiger partial charge < -0.3 is 14.7 Å². The number of benzene rings is 1. The third-order valence-corrected chi connectivity index (χ3v) is 5.41. The fourth-order valence-electron chi connectivity index (χ4n) is 2.80. The number of thiophene rings is 1. The second-order valence-electron chi connectivity index (χ2n) is 5.82. The first kappa shape index (κ1) is 16.7. The number of carboxylic acids is 1. The topological polar surface area (TPSA) is 66.8 Å². The minimum Gasteiger partial charge on any atom is -0.480 e. The highest BCUT2D eigenvalue weighted by Gasteiger charge is 2.29. The number of nitrogens with zero attached hydrogens (tertiary/aromatic N) is 1. The molecular weight excluding hydrogens is 326 g/mol. The third-order valence-electron chi connectivity index (χ3n) is 4.18. The van der Waals surface area contributed by atoms with E-state index in [-0.39, 0.29) is 12.3 Å². The van der Waals surface area contributed by atoms with Crippen LogP contribution < -0.4 is 0 Å².